The molecular formula is C5H5NO5. The summed E-state index contributed by atoms with van der Waals surface area (Å²) in [6.45, 7) is -0.164. The number of amides is 1. The first-order valence-corrected chi connectivity index (χ1v) is 2.88. The second-order valence-electron chi connectivity index (χ2n) is 2.05. The van der Waals surface area contributed by atoms with Gasteiger partial charge in [0, 0.05) is 0 Å². The summed E-state index contributed by atoms with van der Waals surface area (Å²) < 4.78 is 19.0. The van der Waals surface area contributed by atoms with E-state index < -0.39 is 12.1 Å². The second kappa shape index (κ2) is 1.71. The van der Waals surface area contributed by atoms with Crippen molar-refractivity contribution in [2.75, 3.05) is 6.61 Å². The van der Waals surface area contributed by atoms with E-state index in [0.717, 1.165) is 0 Å². The second-order valence-corrected chi connectivity index (χ2v) is 2.05. The molecule has 6 heteroatoms. The molecule has 0 aliphatic carbocycles. The van der Waals surface area contributed by atoms with E-state index in [-0.39, 0.29) is 12.6 Å². The molecule has 2 bridgehead atoms. The molecule has 11 heavy (non-hydrogen) atoms. The number of rotatable bonds is 2. The molecule has 6 nitrogen and oxygen atoms in total. The van der Waals surface area contributed by atoms with Gasteiger partial charge in [-0.05, 0) is 0 Å². The molecular weight excluding hydrogens is 154 g/mol. The topological polar surface area (TPSA) is 80.0 Å². The molecule has 3 rings (SSSR count). The number of hydrogen-bond donors (Lipinski definition) is 1. The zero-order valence-corrected chi connectivity index (χ0v) is 5.40. The van der Waals surface area contributed by atoms with Gasteiger partial charge in [0.1, 0.15) is 0 Å². The highest BCUT2D eigenvalue weighted by Gasteiger charge is 2.55. The molecule has 3 aliphatic rings. The molecule has 60 valence electrons. The van der Waals surface area contributed by atoms with Gasteiger partial charge >= 0.3 is 18.0 Å². The van der Waals surface area contributed by atoms with Gasteiger partial charge in [-0.1, -0.05) is 0 Å². The van der Waals surface area contributed by atoms with E-state index in [4.69, 9.17) is 19.9 Å². The van der Waals surface area contributed by atoms with Crippen LogP contribution in [0.1, 0.15) is 0 Å². The first kappa shape index (κ1) is 6.14. The van der Waals surface area contributed by atoms with Gasteiger partial charge in [0.15, 0.2) is 6.26 Å². The maximum Gasteiger partial charge on any atom is 0.458 e. The molecule has 1 amide bonds. The van der Waals surface area contributed by atoms with Gasteiger partial charge in [0.2, 0.25) is 6.61 Å². The third-order valence-corrected chi connectivity index (χ3v) is 1.24. The van der Waals surface area contributed by atoms with Crippen LogP contribution in [0.4, 0.5) is 4.79 Å². The summed E-state index contributed by atoms with van der Waals surface area (Å²) in [5.74, 6) is -0.956. The number of primary amides is 1. The van der Waals surface area contributed by atoms with E-state index in [2.05, 4.69) is 4.74 Å². The lowest BCUT2D eigenvalue weighted by molar-refractivity contribution is -0.411. The molecule has 0 aromatic rings. The fraction of sp³-hybridized carbons (Fsp3) is 0.400. The highest BCUT2D eigenvalue weighted by atomic mass is 17.0. The van der Waals surface area contributed by atoms with Gasteiger partial charge in [-0.15, -0.1) is 0 Å². The minimum atomic E-state index is -1.25. The van der Waals surface area contributed by atoms with Gasteiger partial charge in [0.25, 0.3) is 0 Å². The van der Waals surface area contributed by atoms with Crippen LogP contribution in [0.2, 0.25) is 0 Å². The van der Waals surface area contributed by atoms with E-state index in [0.29, 0.717) is 0 Å². The van der Waals surface area contributed by atoms with Crippen molar-refractivity contribution in [3.63, 3.8) is 0 Å². The molecule has 0 aromatic heterocycles. The maximum absolute atomic E-state index is 10.1. The van der Waals surface area contributed by atoms with Crippen molar-refractivity contribution in [1.82, 2.24) is 0 Å². The van der Waals surface area contributed by atoms with Gasteiger partial charge in [0.05, 0.1) is 0 Å². The van der Waals surface area contributed by atoms with Crippen LogP contribution in [0.25, 0.3) is 0 Å². The molecule has 0 atom stereocenters. The number of nitrogens with two attached hydrogens (primary N) is 1. The maximum atomic E-state index is 10.1. The predicted molar refractivity (Wildman–Crippen MR) is 29.6 cm³/mol. The molecule has 3 aliphatic heterocycles. The lowest BCUT2D eigenvalue weighted by Gasteiger charge is -2.32. The lowest BCUT2D eigenvalue weighted by Crippen LogP contribution is -2.46. The Kier molecular flexibility index (Phi) is 0.957. The summed E-state index contributed by atoms with van der Waals surface area (Å²) in [6.07, 6.45) is 0.403. The van der Waals surface area contributed by atoms with Crippen LogP contribution in [0, 0.1) is 0 Å². The smallest absolute Gasteiger partial charge is 0.437 e. The first-order chi connectivity index (χ1) is 5.20. The first-order valence-electron chi connectivity index (χ1n) is 2.88. The van der Waals surface area contributed by atoms with E-state index in [1.54, 1.807) is 0 Å². The molecule has 1 fully saturated rings. The standard InChI is InChI=1S/C5H5NO5/c6-4(7)8-2-5-9-1-3(10-5)11-5/h1H,2H2,(H2,6,7). The van der Waals surface area contributed by atoms with E-state index in [9.17, 15) is 4.79 Å². The molecule has 2 N–H and O–H groups in total. The Balaban J connectivity index is 1.84. The minimum absolute atomic E-state index is 0.164. The number of carbonyl (C=O) groups excluding carboxylic acids is 1. The highest BCUT2D eigenvalue weighted by molar-refractivity contribution is 5.64. The predicted octanol–water partition coefficient (Wildman–Crippen LogP) is -0.389. The van der Waals surface area contributed by atoms with Gasteiger partial charge in [-0.3, -0.25) is 0 Å². The van der Waals surface area contributed by atoms with Crippen LogP contribution in [-0.2, 0) is 18.9 Å². The van der Waals surface area contributed by atoms with Crippen LogP contribution < -0.4 is 5.73 Å². The van der Waals surface area contributed by atoms with Crippen LogP contribution >= 0.6 is 0 Å². The summed E-state index contributed by atoms with van der Waals surface area (Å²) in [7, 11) is 0. The monoisotopic (exact) mass is 159 g/mol. The Hall–Kier alpha value is -1.59. The summed E-state index contributed by atoms with van der Waals surface area (Å²) in [5.41, 5.74) is 4.70. The summed E-state index contributed by atoms with van der Waals surface area (Å²) in [4.78, 5) is 10.1. The third-order valence-electron chi connectivity index (χ3n) is 1.24. The van der Waals surface area contributed by atoms with Crippen molar-refractivity contribution < 1.29 is 23.7 Å². The molecule has 0 aromatic carbocycles. The minimum Gasteiger partial charge on any atom is -0.437 e. The molecule has 0 saturated carbocycles. The van der Waals surface area contributed by atoms with Crippen LogP contribution in [-0.4, -0.2) is 18.7 Å². The van der Waals surface area contributed by atoms with Gasteiger partial charge in [-0.2, -0.15) is 0 Å². The molecule has 0 spiro atoms. The van der Waals surface area contributed by atoms with E-state index in [1.165, 1.54) is 6.26 Å². The average Bonchev–Trinajstić information content (AvgIpc) is 2.38. The number of fused-ring (bicyclic) bond motifs is 1. The van der Waals surface area contributed by atoms with Gasteiger partial charge < -0.3 is 24.7 Å². The Morgan fingerprint density at radius 2 is 2.45 bits per heavy atom. The Labute approximate surface area is 61.5 Å². The summed E-state index contributed by atoms with van der Waals surface area (Å²) in [5, 5.41) is 0. The Morgan fingerprint density at radius 3 is 2.91 bits per heavy atom. The van der Waals surface area contributed by atoms with E-state index in [1.807, 2.05) is 0 Å². The number of hydrogen-bond acceptors (Lipinski definition) is 5. The molecule has 1 saturated heterocycles. The van der Waals surface area contributed by atoms with Crippen molar-refractivity contribution >= 4 is 6.09 Å². The van der Waals surface area contributed by atoms with Crippen molar-refractivity contribution in [3.8, 4) is 0 Å². The molecule has 0 radical (unpaired) electrons. The summed E-state index contributed by atoms with van der Waals surface area (Å²) >= 11 is 0. The Morgan fingerprint density at radius 1 is 1.73 bits per heavy atom. The van der Waals surface area contributed by atoms with Crippen LogP contribution in [0.15, 0.2) is 12.2 Å². The lowest BCUT2D eigenvalue weighted by atomic mass is 10.5. The Bertz CT molecular complexity index is 222. The van der Waals surface area contributed by atoms with Gasteiger partial charge in [-0.25, -0.2) is 4.79 Å². The normalized spacial score (nSPS) is 21.6. The fourth-order valence-electron chi connectivity index (χ4n) is 0.801. The zero-order valence-electron chi connectivity index (χ0n) is 5.40. The average molecular weight is 159 g/mol. The fourth-order valence-corrected chi connectivity index (χ4v) is 0.801. The molecule has 0 unspecified atom stereocenters. The zero-order chi connectivity index (χ0) is 7.90. The van der Waals surface area contributed by atoms with Crippen LogP contribution in [0.3, 0.4) is 0 Å². The van der Waals surface area contributed by atoms with Crippen molar-refractivity contribution in [1.29, 1.82) is 0 Å². The number of carbonyl (C=O) groups is 1. The summed E-state index contributed by atoms with van der Waals surface area (Å²) in [6, 6.07) is 0. The van der Waals surface area contributed by atoms with Crippen LogP contribution in [0.5, 0.6) is 0 Å². The third kappa shape index (κ3) is 0.830. The van der Waals surface area contributed by atoms with Crippen molar-refractivity contribution in [2.45, 2.75) is 5.97 Å². The van der Waals surface area contributed by atoms with Crippen molar-refractivity contribution in [3.05, 3.63) is 12.2 Å². The van der Waals surface area contributed by atoms with Crippen molar-refractivity contribution in [2.24, 2.45) is 5.73 Å². The SMILES string of the molecule is NC(=O)OCC12OC=C(O1)O2. The molecule has 3 heterocycles. The highest BCUT2D eigenvalue weighted by Crippen LogP contribution is 2.40. The number of ether oxygens (including phenoxy) is 4. The quantitative estimate of drug-likeness (QED) is 0.593. The largest absolute Gasteiger partial charge is 0.458 e. The van der Waals surface area contributed by atoms with E-state index >= 15 is 0 Å².